The Kier molecular flexibility index (Phi) is 4.59. The minimum atomic E-state index is -0.232. The van der Waals surface area contributed by atoms with E-state index in [1.807, 2.05) is 24.4 Å². The average Bonchev–Trinajstić information content (AvgIpc) is 3.24. The Morgan fingerprint density at radius 2 is 2.00 bits per heavy atom. The van der Waals surface area contributed by atoms with E-state index in [9.17, 15) is 4.79 Å². The quantitative estimate of drug-likeness (QED) is 0.777. The van der Waals surface area contributed by atoms with Gasteiger partial charge >= 0.3 is 0 Å². The van der Waals surface area contributed by atoms with Crippen molar-refractivity contribution >= 4 is 17.4 Å². The molecule has 132 valence electrons. The highest BCUT2D eigenvalue weighted by Crippen LogP contribution is 2.21. The molecule has 0 bridgehead atoms. The van der Waals surface area contributed by atoms with Crippen molar-refractivity contribution in [3.8, 4) is 11.5 Å². The van der Waals surface area contributed by atoms with Crippen LogP contribution in [-0.2, 0) is 0 Å². The normalized spacial score (nSPS) is 14.2. The molecule has 1 N–H and O–H groups in total. The van der Waals surface area contributed by atoms with Crippen molar-refractivity contribution in [3.05, 3.63) is 54.6 Å². The lowest BCUT2D eigenvalue weighted by molar-refractivity contribution is 0.102. The Morgan fingerprint density at radius 1 is 1.12 bits per heavy atom. The largest absolute Gasteiger partial charge is 0.423 e. The molecule has 7 nitrogen and oxygen atoms in total. The van der Waals surface area contributed by atoms with E-state index in [0.717, 1.165) is 18.8 Å². The van der Waals surface area contributed by atoms with Gasteiger partial charge in [-0.2, -0.15) is 0 Å². The number of benzene rings is 1. The van der Waals surface area contributed by atoms with Crippen LogP contribution < -0.4 is 10.2 Å². The molecule has 1 aromatic carbocycles. The summed E-state index contributed by atoms with van der Waals surface area (Å²) in [5.74, 6) is 0.673. The second-order valence-electron chi connectivity index (χ2n) is 6.23. The lowest BCUT2D eigenvalue weighted by Gasteiger charge is -2.28. The molecule has 0 radical (unpaired) electrons. The Bertz CT molecular complexity index is 871. The van der Waals surface area contributed by atoms with Crippen molar-refractivity contribution < 1.29 is 9.21 Å². The minimum absolute atomic E-state index is 0.232. The lowest BCUT2D eigenvalue weighted by Crippen LogP contribution is -2.29. The summed E-state index contributed by atoms with van der Waals surface area (Å²) in [5, 5.41) is 10.3. The Hall–Kier alpha value is -3.22. The monoisotopic (exact) mass is 349 g/mol. The predicted octanol–water partition coefficient (Wildman–Crippen LogP) is 3.37. The standard InChI is InChI=1S/C19H19N5O2/c25-18(14-5-4-6-15(11-14)19-23-21-13-26-19)22-17-8-7-16(12-20-17)24-9-2-1-3-10-24/h4-8,11-13H,1-3,9-10H2,(H,20,22,25). The molecular weight excluding hydrogens is 330 g/mol. The molecule has 0 atom stereocenters. The van der Waals surface area contributed by atoms with Crippen LogP contribution in [0.15, 0.2) is 53.4 Å². The first kappa shape index (κ1) is 16.3. The van der Waals surface area contributed by atoms with Crippen molar-refractivity contribution in [2.45, 2.75) is 19.3 Å². The first-order chi connectivity index (χ1) is 12.8. The summed E-state index contributed by atoms with van der Waals surface area (Å²) in [5.41, 5.74) is 2.30. The van der Waals surface area contributed by atoms with Crippen molar-refractivity contribution in [2.24, 2.45) is 0 Å². The summed E-state index contributed by atoms with van der Waals surface area (Å²) in [4.78, 5) is 19.2. The maximum absolute atomic E-state index is 12.5. The van der Waals surface area contributed by atoms with E-state index in [2.05, 4.69) is 25.4 Å². The van der Waals surface area contributed by atoms with Gasteiger partial charge in [-0.3, -0.25) is 4.79 Å². The van der Waals surface area contributed by atoms with E-state index in [-0.39, 0.29) is 5.91 Å². The molecule has 0 saturated carbocycles. The third-order valence-corrected chi connectivity index (χ3v) is 4.44. The summed E-state index contributed by atoms with van der Waals surface area (Å²) in [6, 6.07) is 10.9. The van der Waals surface area contributed by atoms with E-state index < -0.39 is 0 Å². The molecule has 4 rings (SSSR count). The maximum Gasteiger partial charge on any atom is 0.256 e. The topological polar surface area (TPSA) is 84.2 Å². The van der Waals surface area contributed by atoms with Gasteiger partial charge in [-0.15, -0.1) is 10.2 Å². The fourth-order valence-electron chi connectivity index (χ4n) is 3.08. The zero-order valence-electron chi connectivity index (χ0n) is 14.3. The van der Waals surface area contributed by atoms with Gasteiger partial charge in [-0.05, 0) is 49.6 Å². The third kappa shape index (κ3) is 3.56. The van der Waals surface area contributed by atoms with Crippen LogP contribution in [0.1, 0.15) is 29.6 Å². The van der Waals surface area contributed by atoms with Crippen LogP contribution in [-0.4, -0.2) is 34.2 Å². The summed E-state index contributed by atoms with van der Waals surface area (Å²) < 4.78 is 5.17. The van der Waals surface area contributed by atoms with Gasteiger partial charge in [0.15, 0.2) is 0 Å². The molecule has 7 heteroatoms. The molecule has 1 aliphatic heterocycles. The fraction of sp³-hybridized carbons (Fsp3) is 0.263. The summed E-state index contributed by atoms with van der Waals surface area (Å²) >= 11 is 0. The number of piperidine rings is 1. The molecule has 3 aromatic rings. The molecule has 3 heterocycles. The fourth-order valence-corrected chi connectivity index (χ4v) is 3.08. The molecule has 2 aromatic heterocycles. The molecule has 0 spiro atoms. The molecule has 0 unspecified atom stereocenters. The Labute approximate surface area is 151 Å². The van der Waals surface area contributed by atoms with Crippen molar-refractivity contribution in [1.29, 1.82) is 0 Å². The first-order valence-electron chi connectivity index (χ1n) is 8.68. The van der Waals surface area contributed by atoms with Gasteiger partial charge in [0.1, 0.15) is 5.82 Å². The number of hydrogen-bond donors (Lipinski definition) is 1. The number of nitrogens with zero attached hydrogens (tertiary/aromatic N) is 4. The first-order valence-corrected chi connectivity index (χ1v) is 8.68. The van der Waals surface area contributed by atoms with Gasteiger partial charge in [0.25, 0.3) is 5.91 Å². The number of hydrogen-bond acceptors (Lipinski definition) is 6. The highest BCUT2D eigenvalue weighted by atomic mass is 16.4. The van der Waals surface area contributed by atoms with Crippen molar-refractivity contribution in [1.82, 2.24) is 15.2 Å². The number of nitrogens with one attached hydrogen (secondary N) is 1. The number of carbonyl (C=O) groups is 1. The van der Waals surface area contributed by atoms with E-state index in [1.165, 1.54) is 25.7 Å². The summed E-state index contributed by atoms with van der Waals surface area (Å²) in [6.45, 7) is 2.13. The van der Waals surface area contributed by atoms with Gasteiger partial charge < -0.3 is 14.6 Å². The zero-order valence-corrected chi connectivity index (χ0v) is 14.3. The molecule has 1 fully saturated rings. The molecule has 1 saturated heterocycles. The maximum atomic E-state index is 12.5. The molecule has 1 amide bonds. The lowest BCUT2D eigenvalue weighted by atomic mass is 10.1. The molecular formula is C19H19N5O2. The summed E-state index contributed by atoms with van der Waals surface area (Å²) in [6.07, 6.45) is 6.80. The van der Waals surface area contributed by atoms with Crippen LogP contribution in [0.25, 0.3) is 11.5 Å². The van der Waals surface area contributed by atoms with Gasteiger partial charge in [0, 0.05) is 24.2 Å². The number of carbonyl (C=O) groups excluding carboxylic acids is 1. The summed E-state index contributed by atoms with van der Waals surface area (Å²) in [7, 11) is 0. The SMILES string of the molecule is O=C(Nc1ccc(N2CCCCC2)cn1)c1cccc(-c2nnco2)c1. The van der Waals surface area contributed by atoms with Gasteiger partial charge in [0.05, 0.1) is 11.9 Å². The molecule has 1 aliphatic rings. The van der Waals surface area contributed by atoms with Crippen LogP contribution in [0.5, 0.6) is 0 Å². The van der Waals surface area contributed by atoms with E-state index in [0.29, 0.717) is 22.8 Å². The number of pyridine rings is 1. The van der Waals surface area contributed by atoms with Crippen LogP contribution in [0, 0.1) is 0 Å². The van der Waals surface area contributed by atoms with Crippen LogP contribution in [0.3, 0.4) is 0 Å². The van der Waals surface area contributed by atoms with Crippen LogP contribution in [0.2, 0.25) is 0 Å². The Morgan fingerprint density at radius 3 is 2.73 bits per heavy atom. The number of aromatic nitrogens is 3. The van der Waals surface area contributed by atoms with E-state index >= 15 is 0 Å². The minimum Gasteiger partial charge on any atom is -0.423 e. The highest BCUT2D eigenvalue weighted by Gasteiger charge is 2.13. The van der Waals surface area contributed by atoms with E-state index in [1.54, 1.807) is 18.2 Å². The number of anilines is 2. The third-order valence-electron chi connectivity index (χ3n) is 4.44. The van der Waals surface area contributed by atoms with Crippen LogP contribution >= 0.6 is 0 Å². The second kappa shape index (κ2) is 7.35. The van der Waals surface area contributed by atoms with Crippen LogP contribution in [0.4, 0.5) is 11.5 Å². The zero-order chi connectivity index (χ0) is 17.8. The van der Waals surface area contributed by atoms with Crippen molar-refractivity contribution in [3.63, 3.8) is 0 Å². The van der Waals surface area contributed by atoms with Crippen molar-refractivity contribution in [2.75, 3.05) is 23.3 Å². The van der Waals surface area contributed by atoms with Gasteiger partial charge in [0.2, 0.25) is 12.3 Å². The second-order valence-corrected chi connectivity index (χ2v) is 6.23. The Balaban J connectivity index is 1.45. The number of rotatable bonds is 4. The average molecular weight is 349 g/mol. The highest BCUT2D eigenvalue weighted by molar-refractivity contribution is 6.04. The predicted molar refractivity (Wildman–Crippen MR) is 98.0 cm³/mol. The smallest absolute Gasteiger partial charge is 0.256 e. The molecule has 26 heavy (non-hydrogen) atoms. The van der Waals surface area contributed by atoms with E-state index in [4.69, 9.17) is 4.42 Å². The number of amides is 1. The van der Waals surface area contributed by atoms with Gasteiger partial charge in [-0.25, -0.2) is 4.98 Å². The van der Waals surface area contributed by atoms with Gasteiger partial charge in [-0.1, -0.05) is 6.07 Å². The molecule has 0 aliphatic carbocycles.